The minimum Gasteiger partial charge on any atom is -0.506 e. The Morgan fingerprint density at radius 2 is 2.00 bits per heavy atom. The number of para-hydroxylation sites is 1. The summed E-state index contributed by atoms with van der Waals surface area (Å²) in [6.45, 7) is 1.28. The minimum absolute atomic E-state index is 0.0691. The van der Waals surface area contributed by atoms with Crippen LogP contribution < -0.4 is 5.56 Å². The van der Waals surface area contributed by atoms with E-state index in [1.165, 1.54) is 19.1 Å². The highest BCUT2D eigenvalue weighted by atomic mass is 16.3. The van der Waals surface area contributed by atoms with Crippen LogP contribution in [0.1, 0.15) is 11.7 Å². The van der Waals surface area contributed by atoms with E-state index in [4.69, 9.17) is 0 Å². The molecule has 0 radical (unpaired) electrons. The van der Waals surface area contributed by atoms with Gasteiger partial charge in [0.15, 0.2) is 0 Å². The van der Waals surface area contributed by atoms with E-state index in [9.17, 15) is 14.7 Å². The maximum absolute atomic E-state index is 11.5. The van der Waals surface area contributed by atoms with Crippen LogP contribution in [0.3, 0.4) is 0 Å². The molecule has 0 amide bonds. The third-order valence-electron chi connectivity index (χ3n) is 2.21. The zero-order valence-corrected chi connectivity index (χ0v) is 8.10. The van der Waals surface area contributed by atoms with E-state index in [0.717, 1.165) is 4.57 Å². The third kappa shape index (κ3) is 1.40. The van der Waals surface area contributed by atoms with Gasteiger partial charge in [0.2, 0.25) is 5.91 Å². The molecule has 0 bridgehead atoms. The Bertz CT molecular complexity index is 598. The molecule has 0 saturated carbocycles. The summed E-state index contributed by atoms with van der Waals surface area (Å²) in [6.07, 6.45) is 0. The zero-order chi connectivity index (χ0) is 11.0. The van der Waals surface area contributed by atoms with Crippen molar-refractivity contribution in [3.05, 3.63) is 40.7 Å². The van der Waals surface area contributed by atoms with Gasteiger partial charge in [0.05, 0.1) is 0 Å². The van der Waals surface area contributed by atoms with Crippen molar-refractivity contribution in [2.75, 3.05) is 0 Å². The Balaban J connectivity index is 3.04. The second-order valence-electron chi connectivity index (χ2n) is 3.24. The van der Waals surface area contributed by atoms with Crippen molar-refractivity contribution in [2.24, 2.45) is 0 Å². The zero-order valence-electron chi connectivity index (χ0n) is 8.10. The van der Waals surface area contributed by atoms with Gasteiger partial charge in [-0.2, -0.15) is 0 Å². The summed E-state index contributed by atoms with van der Waals surface area (Å²) in [7, 11) is 0. The van der Waals surface area contributed by atoms with Crippen LogP contribution in [0.2, 0.25) is 0 Å². The number of carbonyl (C=O) groups is 1. The molecule has 76 valence electrons. The Morgan fingerprint density at radius 1 is 1.27 bits per heavy atom. The summed E-state index contributed by atoms with van der Waals surface area (Å²) in [5.74, 6) is -0.479. The molecule has 0 aliphatic rings. The molecule has 1 heterocycles. The summed E-state index contributed by atoms with van der Waals surface area (Å²) >= 11 is 0. The van der Waals surface area contributed by atoms with Gasteiger partial charge in [0.1, 0.15) is 11.3 Å². The van der Waals surface area contributed by atoms with Gasteiger partial charge >= 0.3 is 0 Å². The van der Waals surface area contributed by atoms with Gasteiger partial charge in [-0.3, -0.25) is 9.59 Å². The molecular formula is C11H9NO3. The minimum atomic E-state index is -0.434. The number of aromatic nitrogens is 1. The molecule has 2 aromatic rings. The van der Waals surface area contributed by atoms with Crippen molar-refractivity contribution in [1.29, 1.82) is 0 Å². The lowest BCUT2D eigenvalue weighted by Gasteiger charge is -2.07. The van der Waals surface area contributed by atoms with Crippen molar-refractivity contribution in [2.45, 2.75) is 6.92 Å². The molecular weight excluding hydrogens is 194 g/mol. The SMILES string of the molecule is CC(=O)n1c(=O)ccc2cccc(O)c21. The number of fused-ring (bicyclic) bond motifs is 1. The van der Waals surface area contributed by atoms with Gasteiger partial charge in [-0.1, -0.05) is 12.1 Å². The Hall–Kier alpha value is -2.10. The van der Waals surface area contributed by atoms with Crippen LogP contribution in [0.5, 0.6) is 5.75 Å². The van der Waals surface area contributed by atoms with Gasteiger partial charge in [-0.25, -0.2) is 4.57 Å². The van der Waals surface area contributed by atoms with E-state index in [1.807, 2.05) is 0 Å². The predicted octanol–water partition coefficient (Wildman–Crippen LogP) is 1.37. The lowest BCUT2D eigenvalue weighted by atomic mass is 10.2. The third-order valence-corrected chi connectivity index (χ3v) is 2.21. The molecule has 0 aliphatic carbocycles. The summed E-state index contributed by atoms with van der Waals surface area (Å²) in [5, 5.41) is 10.3. The van der Waals surface area contributed by atoms with Crippen molar-refractivity contribution >= 4 is 16.8 Å². The van der Waals surface area contributed by atoms with E-state index in [1.54, 1.807) is 18.2 Å². The number of rotatable bonds is 0. The maximum Gasteiger partial charge on any atom is 0.257 e. The van der Waals surface area contributed by atoms with Crippen molar-refractivity contribution in [3.8, 4) is 5.75 Å². The van der Waals surface area contributed by atoms with Crippen LogP contribution in [-0.2, 0) is 0 Å². The highest BCUT2D eigenvalue weighted by molar-refractivity contribution is 5.93. The van der Waals surface area contributed by atoms with Gasteiger partial charge in [-0.05, 0) is 12.1 Å². The van der Waals surface area contributed by atoms with Crippen LogP contribution in [0.15, 0.2) is 35.1 Å². The van der Waals surface area contributed by atoms with E-state index in [-0.39, 0.29) is 11.3 Å². The number of hydrogen-bond donors (Lipinski definition) is 1. The fourth-order valence-electron chi connectivity index (χ4n) is 1.59. The quantitative estimate of drug-likeness (QED) is 0.703. The predicted molar refractivity (Wildman–Crippen MR) is 56.2 cm³/mol. The van der Waals surface area contributed by atoms with Crippen LogP contribution >= 0.6 is 0 Å². The first-order valence-corrected chi connectivity index (χ1v) is 4.46. The molecule has 4 heteroatoms. The number of carbonyl (C=O) groups excluding carboxylic acids is 1. The Kier molecular flexibility index (Phi) is 2.04. The second kappa shape index (κ2) is 3.24. The Labute approximate surface area is 85.4 Å². The summed E-state index contributed by atoms with van der Waals surface area (Å²) in [4.78, 5) is 22.7. The Morgan fingerprint density at radius 3 is 2.67 bits per heavy atom. The number of phenolic OH excluding ortho intramolecular Hbond substituents is 1. The monoisotopic (exact) mass is 203 g/mol. The van der Waals surface area contributed by atoms with Gasteiger partial charge in [0, 0.05) is 18.4 Å². The van der Waals surface area contributed by atoms with Crippen LogP contribution in [0.4, 0.5) is 0 Å². The summed E-state index contributed by atoms with van der Waals surface area (Å²) in [6, 6.07) is 7.72. The van der Waals surface area contributed by atoms with Crippen molar-refractivity contribution < 1.29 is 9.90 Å². The second-order valence-corrected chi connectivity index (χ2v) is 3.24. The molecule has 0 spiro atoms. The molecule has 0 fully saturated rings. The number of hydrogen-bond acceptors (Lipinski definition) is 3. The molecule has 1 N–H and O–H groups in total. The first-order chi connectivity index (χ1) is 7.11. The lowest BCUT2D eigenvalue weighted by Crippen LogP contribution is -2.23. The van der Waals surface area contributed by atoms with E-state index >= 15 is 0 Å². The highest BCUT2D eigenvalue weighted by Crippen LogP contribution is 2.22. The van der Waals surface area contributed by atoms with Crippen LogP contribution in [-0.4, -0.2) is 15.6 Å². The van der Waals surface area contributed by atoms with E-state index in [2.05, 4.69) is 0 Å². The van der Waals surface area contributed by atoms with E-state index in [0.29, 0.717) is 5.39 Å². The van der Waals surface area contributed by atoms with Crippen LogP contribution in [0, 0.1) is 0 Å². The van der Waals surface area contributed by atoms with Gasteiger partial charge in [-0.15, -0.1) is 0 Å². The molecule has 2 rings (SSSR count). The lowest BCUT2D eigenvalue weighted by molar-refractivity contribution is 0.0937. The van der Waals surface area contributed by atoms with Crippen LogP contribution in [0.25, 0.3) is 10.9 Å². The largest absolute Gasteiger partial charge is 0.506 e. The van der Waals surface area contributed by atoms with Gasteiger partial charge in [0.25, 0.3) is 5.56 Å². The molecule has 0 aliphatic heterocycles. The average molecular weight is 203 g/mol. The molecule has 0 saturated heterocycles. The topological polar surface area (TPSA) is 59.3 Å². The number of benzene rings is 1. The smallest absolute Gasteiger partial charge is 0.257 e. The van der Waals surface area contributed by atoms with Gasteiger partial charge < -0.3 is 5.11 Å². The fraction of sp³-hybridized carbons (Fsp3) is 0.0909. The van der Waals surface area contributed by atoms with Crippen molar-refractivity contribution in [1.82, 2.24) is 4.57 Å². The summed E-state index contributed by atoms with van der Waals surface area (Å²) < 4.78 is 0.963. The van der Waals surface area contributed by atoms with E-state index < -0.39 is 11.5 Å². The first-order valence-electron chi connectivity index (χ1n) is 4.46. The molecule has 0 atom stereocenters. The number of pyridine rings is 1. The molecule has 4 nitrogen and oxygen atoms in total. The number of nitrogens with zero attached hydrogens (tertiary/aromatic N) is 1. The normalized spacial score (nSPS) is 10.5. The summed E-state index contributed by atoms with van der Waals surface area (Å²) in [5.41, 5.74) is -0.172. The number of aromatic hydroxyl groups is 1. The fourth-order valence-corrected chi connectivity index (χ4v) is 1.59. The number of phenols is 1. The molecule has 15 heavy (non-hydrogen) atoms. The maximum atomic E-state index is 11.5. The molecule has 0 unspecified atom stereocenters. The highest BCUT2D eigenvalue weighted by Gasteiger charge is 2.09. The first kappa shape index (κ1) is 9.45. The van der Waals surface area contributed by atoms with Crippen molar-refractivity contribution in [3.63, 3.8) is 0 Å². The average Bonchev–Trinajstić information content (AvgIpc) is 2.18. The molecule has 1 aromatic heterocycles. The molecule has 1 aromatic carbocycles. The standard InChI is InChI=1S/C11H9NO3/c1-7(13)12-10(15)6-5-8-3-2-4-9(14)11(8)12/h2-6,14H,1H3.